The van der Waals surface area contributed by atoms with Crippen LogP contribution in [0, 0.1) is 0 Å². The zero-order valence-corrected chi connectivity index (χ0v) is 12.4. The average molecular weight is 318 g/mol. The number of rotatable bonds is 4. The minimum atomic E-state index is -3.72. The molecule has 0 unspecified atom stereocenters. The van der Waals surface area contributed by atoms with E-state index in [1.165, 1.54) is 18.2 Å². The first kappa shape index (κ1) is 14.2. The lowest BCUT2D eigenvalue weighted by Gasteiger charge is -2.09. The second-order valence-electron chi connectivity index (χ2n) is 3.87. The molecule has 0 aliphatic carbocycles. The van der Waals surface area contributed by atoms with Crippen molar-refractivity contribution in [2.45, 2.75) is 17.6 Å². The van der Waals surface area contributed by atoms with Gasteiger partial charge in [-0.25, -0.2) is 8.42 Å². The summed E-state index contributed by atoms with van der Waals surface area (Å²) in [5, 5.41) is 9.70. The van der Waals surface area contributed by atoms with Crippen LogP contribution in [-0.2, 0) is 16.4 Å². The van der Waals surface area contributed by atoms with Gasteiger partial charge in [0.05, 0.1) is 10.0 Å². The van der Waals surface area contributed by atoms with Crippen LogP contribution in [-0.4, -0.2) is 13.5 Å². The van der Waals surface area contributed by atoms with Crippen LogP contribution >= 0.6 is 22.9 Å². The Labute approximate surface area is 120 Å². The molecular weight excluding hydrogens is 306 g/mol. The Bertz CT molecular complexity index is 695. The summed E-state index contributed by atoms with van der Waals surface area (Å²) in [6, 6.07) is 7.77. The molecule has 0 saturated carbocycles. The molecule has 19 heavy (non-hydrogen) atoms. The van der Waals surface area contributed by atoms with Gasteiger partial charge in [-0.1, -0.05) is 24.6 Å². The van der Waals surface area contributed by atoms with Crippen molar-refractivity contribution in [3.05, 3.63) is 40.2 Å². The lowest BCUT2D eigenvalue weighted by atomic mass is 10.1. The number of thiophene rings is 1. The van der Waals surface area contributed by atoms with Gasteiger partial charge in [-0.3, -0.25) is 4.72 Å². The largest absolute Gasteiger partial charge is 0.506 e. The maximum Gasteiger partial charge on any atom is 0.271 e. The summed E-state index contributed by atoms with van der Waals surface area (Å²) in [5.41, 5.74) is 1.10. The first-order valence-corrected chi connectivity index (χ1v) is 8.20. The van der Waals surface area contributed by atoms with Gasteiger partial charge < -0.3 is 5.11 Å². The molecule has 102 valence electrons. The molecule has 0 bridgehead atoms. The van der Waals surface area contributed by atoms with Crippen molar-refractivity contribution in [1.29, 1.82) is 0 Å². The van der Waals surface area contributed by atoms with Crippen molar-refractivity contribution in [2.75, 3.05) is 4.72 Å². The third kappa shape index (κ3) is 3.20. The van der Waals surface area contributed by atoms with Crippen molar-refractivity contribution in [2.24, 2.45) is 0 Å². The number of hydrogen-bond donors (Lipinski definition) is 2. The van der Waals surface area contributed by atoms with Gasteiger partial charge in [0.2, 0.25) is 0 Å². The molecule has 1 aromatic heterocycles. The Kier molecular flexibility index (Phi) is 4.03. The fourth-order valence-electron chi connectivity index (χ4n) is 1.52. The van der Waals surface area contributed by atoms with E-state index in [1.54, 1.807) is 12.1 Å². The Morgan fingerprint density at radius 3 is 2.63 bits per heavy atom. The molecule has 2 N–H and O–H groups in total. The Balaban J connectivity index is 2.35. The van der Waals surface area contributed by atoms with Gasteiger partial charge in [0.1, 0.15) is 9.96 Å². The summed E-state index contributed by atoms with van der Waals surface area (Å²) >= 11 is 6.69. The molecule has 0 aliphatic heterocycles. The normalized spacial score (nSPS) is 11.5. The molecule has 4 nitrogen and oxygen atoms in total. The number of sulfonamides is 1. The number of anilines is 1. The van der Waals surface area contributed by atoms with Crippen LogP contribution in [0.3, 0.4) is 0 Å². The van der Waals surface area contributed by atoms with Crippen molar-refractivity contribution < 1.29 is 13.5 Å². The second kappa shape index (κ2) is 5.40. The molecule has 2 rings (SSSR count). The van der Waals surface area contributed by atoms with Crippen molar-refractivity contribution in [1.82, 2.24) is 0 Å². The molecule has 1 aromatic carbocycles. The second-order valence-corrected chi connectivity index (χ2v) is 7.49. The van der Waals surface area contributed by atoms with Crippen molar-refractivity contribution >= 4 is 38.6 Å². The molecule has 0 amide bonds. The maximum absolute atomic E-state index is 12.1. The van der Waals surface area contributed by atoms with E-state index >= 15 is 0 Å². The van der Waals surface area contributed by atoms with Gasteiger partial charge in [-0.2, -0.15) is 0 Å². The van der Waals surface area contributed by atoms with Gasteiger partial charge >= 0.3 is 0 Å². The van der Waals surface area contributed by atoms with Crippen LogP contribution in [0.1, 0.15) is 12.5 Å². The molecular formula is C12H12ClNO3S2. The van der Waals surface area contributed by atoms with Crippen LogP contribution in [0.25, 0.3) is 0 Å². The summed E-state index contributed by atoms with van der Waals surface area (Å²) in [4.78, 5) is 0. The minimum absolute atomic E-state index is 0.108. The highest BCUT2D eigenvalue weighted by molar-refractivity contribution is 7.94. The zero-order chi connectivity index (χ0) is 14.0. The predicted molar refractivity (Wildman–Crippen MR) is 77.6 cm³/mol. The van der Waals surface area contributed by atoms with Crippen molar-refractivity contribution in [3.63, 3.8) is 0 Å². The third-order valence-electron chi connectivity index (χ3n) is 2.53. The Hall–Kier alpha value is -1.24. The molecule has 0 aliphatic rings. The summed E-state index contributed by atoms with van der Waals surface area (Å²) in [5.74, 6) is -0.108. The molecule has 7 heteroatoms. The first-order valence-electron chi connectivity index (χ1n) is 5.52. The molecule has 0 spiro atoms. The molecule has 2 aromatic rings. The molecule has 0 atom stereocenters. The van der Waals surface area contributed by atoms with E-state index in [-0.39, 0.29) is 15.6 Å². The average Bonchev–Trinajstić information content (AvgIpc) is 2.79. The number of phenolic OH excluding ortho intramolecular Hbond substituents is 1. The monoisotopic (exact) mass is 317 g/mol. The van der Waals surface area contributed by atoms with Gasteiger partial charge in [0.25, 0.3) is 10.0 Å². The fourth-order valence-corrected chi connectivity index (χ4v) is 4.07. The highest BCUT2D eigenvalue weighted by Crippen LogP contribution is 2.30. The Morgan fingerprint density at radius 1 is 1.32 bits per heavy atom. The quantitative estimate of drug-likeness (QED) is 0.848. The van der Waals surface area contributed by atoms with E-state index in [0.29, 0.717) is 4.34 Å². The SMILES string of the molecule is CCc1ccc(O)c(NS(=O)(=O)c2ccc(Cl)s2)c1. The summed E-state index contributed by atoms with van der Waals surface area (Å²) in [7, 11) is -3.72. The first-order chi connectivity index (χ1) is 8.92. The maximum atomic E-state index is 12.1. The highest BCUT2D eigenvalue weighted by Gasteiger charge is 2.18. The van der Waals surface area contributed by atoms with E-state index in [9.17, 15) is 13.5 Å². The number of aromatic hydroxyl groups is 1. The Morgan fingerprint density at radius 2 is 2.05 bits per heavy atom. The molecule has 0 fully saturated rings. The number of phenols is 1. The number of aryl methyl sites for hydroxylation is 1. The highest BCUT2D eigenvalue weighted by atomic mass is 35.5. The summed E-state index contributed by atoms with van der Waals surface area (Å²) in [6.07, 6.45) is 0.750. The number of benzene rings is 1. The number of hydrogen-bond acceptors (Lipinski definition) is 4. The summed E-state index contributed by atoms with van der Waals surface area (Å²) < 4.78 is 27.1. The lowest BCUT2D eigenvalue weighted by molar-refractivity contribution is 0.477. The van der Waals surface area contributed by atoms with Crippen LogP contribution in [0.2, 0.25) is 4.34 Å². The van der Waals surface area contributed by atoms with Crippen LogP contribution in [0.4, 0.5) is 5.69 Å². The molecule has 0 radical (unpaired) electrons. The van der Waals surface area contributed by atoms with Gasteiger partial charge in [0.15, 0.2) is 0 Å². The number of nitrogens with one attached hydrogen (secondary N) is 1. The minimum Gasteiger partial charge on any atom is -0.506 e. The van der Waals surface area contributed by atoms with Crippen LogP contribution in [0.5, 0.6) is 5.75 Å². The van der Waals surface area contributed by atoms with Gasteiger partial charge in [-0.05, 0) is 36.2 Å². The standard InChI is InChI=1S/C12H12ClNO3S2/c1-2-8-3-4-10(15)9(7-8)14-19(16,17)12-6-5-11(13)18-12/h3-7,14-15H,2H2,1H3. The van der Waals surface area contributed by atoms with Crippen LogP contribution in [0.15, 0.2) is 34.5 Å². The zero-order valence-electron chi connectivity index (χ0n) is 10.1. The molecule has 0 saturated heterocycles. The van der Waals surface area contributed by atoms with E-state index in [1.807, 2.05) is 6.92 Å². The van der Waals surface area contributed by atoms with Gasteiger partial charge in [-0.15, -0.1) is 11.3 Å². The lowest BCUT2D eigenvalue weighted by Crippen LogP contribution is -2.11. The summed E-state index contributed by atoms with van der Waals surface area (Å²) in [6.45, 7) is 1.95. The molecule has 1 heterocycles. The number of halogens is 1. The van der Waals surface area contributed by atoms with E-state index in [2.05, 4.69) is 4.72 Å². The third-order valence-corrected chi connectivity index (χ3v) is 5.62. The van der Waals surface area contributed by atoms with E-state index in [0.717, 1.165) is 23.3 Å². The van der Waals surface area contributed by atoms with Crippen molar-refractivity contribution in [3.8, 4) is 5.75 Å². The van der Waals surface area contributed by atoms with E-state index in [4.69, 9.17) is 11.6 Å². The smallest absolute Gasteiger partial charge is 0.271 e. The topological polar surface area (TPSA) is 66.4 Å². The fraction of sp³-hybridized carbons (Fsp3) is 0.167. The van der Waals surface area contributed by atoms with E-state index < -0.39 is 10.0 Å². The predicted octanol–water partition coefficient (Wildman–Crippen LogP) is 3.47. The van der Waals surface area contributed by atoms with Crippen LogP contribution < -0.4 is 4.72 Å². The van der Waals surface area contributed by atoms with Gasteiger partial charge in [0, 0.05) is 0 Å².